The summed E-state index contributed by atoms with van der Waals surface area (Å²) in [4.78, 5) is 4.20. The summed E-state index contributed by atoms with van der Waals surface area (Å²) in [7, 11) is 0. The molecular weight excluding hydrogens is 184 g/mol. The van der Waals surface area contributed by atoms with Crippen LogP contribution in [0.2, 0.25) is 0 Å². The monoisotopic (exact) mass is 198 g/mol. The summed E-state index contributed by atoms with van der Waals surface area (Å²) in [6.45, 7) is 5.77. The van der Waals surface area contributed by atoms with Gasteiger partial charge in [0.2, 0.25) is 17.5 Å². The molecule has 0 saturated carbocycles. The number of aryl methyl sites for hydroxylation is 1. The van der Waals surface area contributed by atoms with Crippen molar-refractivity contribution in [2.45, 2.75) is 45.7 Å². The fourth-order valence-electron chi connectivity index (χ4n) is 1.53. The Labute approximate surface area is 82.4 Å². The SMILES string of the molecule is CCc1nc(C2(CC)OC(C)O2)no1. The summed E-state index contributed by atoms with van der Waals surface area (Å²) in [5.74, 6) is 0.339. The van der Waals surface area contributed by atoms with Gasteiger partial charge in [-0.15, -0.1) is 0 Å². The van der Waals surface area contributed by atoms with E-state index in [9.17, 15) is 0 Å². The molecule has 0 amide bonds. The van der Waals surface area contributed by atoms with Gasteiger partial charge >= 0.3 is 0 Å². The van der Waals surface area contributed by atoms with E-state index in [2.05, 4.69) is 10.1 Å². The highest BCUT2D eigenvalue weighted by molar-refractivity contribution is 4.99. The van der Waals surface area contributed by atoms with Crippen LogP contribution >= 0.6 is 0 Å². The second kappa shape index (κ2) is 3.33. The predicted octanol–water partition coefficient (Wildman–Crippen LogP) is 1.59. The highest BCUT2D eigenvalue weighted by atomic mass is 16.9. The minimum absolute atomic E-state index is 0.182. The summed E-state index contributed by atoms with van der Waals surface area (Å²) in [6, 6.07) is 0. The number of aromatic nitrogens is 2. The molecule has 0 spiro atoms. The molecule has 0 N–H and O–H groups in total. The molecule has 1 aliphatic rings. The van der Waals surface area contributed by atoms with Crippen molar-refractivity contribution in [3.63, 3.8) is 0 Å². The molecule has 1 fully saturated rings. The van der Waals surface area contributed by atoms with Gasteiger partial charge in [0.15, 0.2) is 6.29 Å². The number of hydrogen-bond donors (Lipinski definition) is 0. The van der Waals surface area contributed by atoms with Crippen LogP contribution in [0.15, 0.2) is 4.52 Å². The summed E-state index contributed by atoms with van der Waals surface area (Å²) in [5, 5.41) is 3.85. The van der Waals surface area contributed by atoms with Gasteiger partial charge in [-0.2, -0.15) is 4.98 Å². The fourth-order valence-corrected chi connectivity index (χ4v) is 1.53. The minimum Gasteiger partial charge on any atom is -0.339 e. The Morgan fingerprint density at radius 2 is 2.07 bits per heavy atom. The average Bonchev–Trinajstić information content (AvgIpc) is 2.61. The maximum atomic E-state index is 5.51. The Balaban J connectivity index is 2.20. The zero-order chi connectivity index (χ0) is 10.2. The molecule has 2 rings (SSSR count). The van der Waals surface area contributed by atoms with E-state index >= 15 is 0 Å². The zero-order valence-electron chi connectivity index (χ0n) is 8.61. The molecule has 5 heteroatoms. The van der Waals surface area contributed by atoms with Gasteiger partial charge < -0.3 is 14.0 Å². The molecule has 1 aromatic rings. The van der Waals surface area contributed by atoms with Gasteiger partial charge in [-0.3, -0.25) is 0 Å². The lowest BCUT2D eigenvalue weighted by atomic mass is 10.1. The Morgan fingerprint density at radius 1 is 1.36 bits per heavy atom. The molecule has 1 aliphatic heterocycles. The normalized spacial score (nSPS) is 31.5. The van der Waals surface area contributed by atoms with Gasteiger partial charge in [0.1, 0.15) is 0 Å². The molecule has 0 atom stereocenters. The maximum absolute atomic E-state index is 5.51. The zero-order valence-corrected chi connectivity index (χ0v) is 8.61. The first-order valence-electron chi connectivity index (χ1n) is 4.89. The van der Waals surface area contributed by atoms with Gasteiger partial charge in [0.05, 0.1) is 0 Å². The Bertz CT molecular complexity index is 318. The van der Waals surface area contributed by atoms with Crippen molar-refractivity contribution in [3.8, 4) is 0 Å². The van der Waals surface area contributed by atoms with Crippen molar-refractivity contribution < 1.29 is 14.0 Å². The van der Waals surface area contributed by atoms with Crippen molar-refractivity contribution >= 4 is 0 Å². The lowest BCUT2D eigenvalue weighted by Crippen LogP contribution is -2.50. The molecule has 0 aliphatic carbocycles. The first kappa shape index (κ1) is 9.61. The number of hydrogen-bond acceptors (Lipinski definition) is 5. The van der Waals surface area contributed by atoms with Crippen LogP contribution in [0.3, 0.4) is 0 Å². The van der Waals surface area contributed by atoms with Crippen LogP contribution in [0.25, 0.3) is 0 Å². The molecule has 1 saturated heterocycles. The fraction of sp³-hybridized carbons (Fsp3) is 0.778. The highest BCUT2D eigenvalue weighted by Gasteiger charge is 2.49. The van der Waals surface area contributed by atoms with Crippen molar-refractivity contribution in [1.29, 1.82) is 0 Å². The lowest BCUT2D eigenvalue weighted by molar-refractivity contribution is -0.460. The second-order valence-electron chi connectivity index (χ2n) is 3.28. The lowest BCUT2D eigenvalue weighted by Gasteiger charge is -2.43. The van der Waals surface area contributed by atoms with Crippen LogP contribution in [0.4, 0.5) is 0 Å². The average molecular weight is 198 g/mol. The van der Waals surface area contributed by atoms with Crippen LogP contribution in [0, 0.1) is 0 Å². The van der Waals surface area contributed by atoms with Crippen molar-refractivity contribution in [3.05, 3.63) is 11.7 Å². The van der Waals surface area contributed by atoms with E-state index in [4.69, 9.17) is 14.0 Å². The molecule has 5 nitrogen and oxygen atoms in total. The van der Waals surface area contributed by atoms with Gasteiger partial charge in [0.25, 0.3) is 0 Å². The molecule has 0 bridgehead atoms. The van der Waals surface area contributed by atoms with Crippen LogP contribution < -0.4 is 0 Å². The summed E-state index contributed by atoms with van der Waals surface area (Å²) < 4.78 is 16.0. The van der Waals surface area contributed by atoms with E-state index in [-0.39, 0.29) is 6.29 Å². The van der Waals surface area contributed by atoms with Gasteiger partial charge in [-0.25, -0.2) is 0 Å². The predicted molar refractivity (Wildman–Crippen MR) is 47.3 cm³/mol. The molecule has 14 heavy (non-hydrogen) atoms. The first-order valence-corrected chi connectivity index (χ1v) is 4.89. The van der Waals surface area contributed by atoms with Crippen molar-refractivity contribution in [2.75, 3.05) is 0 Å². The van der Waals surface area contributed by atoms with E-state index in [0.29, 0.717) is 18.1 Å². The number of rotatable bonds is 3. The van der Waals surface area contributed by atoms with E-state index < -0.39 is 5.79 Å². The quantitative estimate of drug-likeness (QED) is 0.738. The van der Waals surface area contributed by atoms with Crippen LogP contribution in [-0.4, -0.2) is 16.4 Å². The molecule has 2 heterocycles. The third-order valence-electron chi connectivity index (χ3n) is 2.29. The minimum atomic E-state index is -0.768. The third-order valence-corrected chi connectivity index (χ3v) is 2.29. The Kier molecular flexibility index (Phi) is 2.28. The van der Waals surface area contributed by atoms with E-state index in [1.54, 1.807) is 0 Å². The topological polar surface area (TPSA) is 57.4 Å². The standard InChI is InChI=1S/C9H14N2O3/c1-4-7-10-8(11-14-7)9(5-2)12-6(3)13-9/h6H,4-5H2,1-3H3. The maximum Gasteiger partial charge on any atom is 0.238 e. The Morgan fingerprint density at radius 3 is 2.50 bits per heavy atom. The highest BCUT2D eigenvalue weighted by Crippen LogP contribution is 2.39. The van der Waals surface area contributed by atoms with Crippen molar-refractivity contribution in [2.24, 2.45) is 0 Å². The van der Waals surface area contributed by atoms with Gasteiger partial charge in [-0.1, -0.05) is 19.0 Å². The summed E-state index contributed by atoms with van der Waals surface area (Å²) in [5.41, 5.74) is 0. The molecule has 1 aromatic heterocycles. The van der Waals surface area contributed by atoms with Gasteiger partial charge in [-0.05, 0) is 6.92 Å². The molecule has 0 radical (unpaired) electrons. The summed E-state index contributed by atoms with van der Waals surface area (Å²) in [6.07, 6.45) is 1.22. The third kappa shape index (κ3) is 1.33. The first-order chi connectivity index (χ1) is 6.70. The van der Waals surface area contributed by atoms with Crippen LogP contribution in [0.1, 0.15) is 38.9 Å². The largest absolute Gasteiger partial charge is 0.339 e. The van der Waals surface area contributed by atoms with Crippen molar-refractivity contribution in [1.82, 2.24) is 10.1 Å². The second-order valence-corrected chi connectivity index (χ2v) is 3.28. The Hall–Kier alpha value is -0.940. The van der Waals surface area contributed by atoms with Crippen LogP contribution in [0.5, 0.6) is 0 Å². The molecular formula is C9H14N2O3. The van der Waals surface area contributed by atoms with E-state index in [0.717, 1.165) is 6.42 Å². The van der Waals surface area contributed by atoms with E-state index in [1.165, 1.54) is 0 Å². The van der Waals surface area contributed by atoms with Crippen LogP contribution in [-0.2, 0) is 21.7 Å². The molecule has 0 unspecified atom stereocenters. The smallest absolute Gasteiger partial charge is 0.238 e. The number of ether oxygens (including phenoxy) is 2. The molecule has 0 aromatic carbocycles. The summed E-state index contributed by atoms with van der Waals surface area (Å²) >= 11 is 0. The van der Waals surface area contributed by atoms with E-state index in [1.807, 2.05) is 20.8 Å². The molecule has 78 valence electrons. The number of nitrogens with zero attached hydrogens (tertiary/aromatic N) is 2. The van der Waals surface area contributed by atoms with Gasteiger partial charge in [0, 0.05) is 12.8 Å².